The smallest absolute Gasteiger partial charge is 0.281 e. The Morgan fingerprint density at radius 2 is 2.09 bits per heavy atom. The number of nitrogen functional groups attached to an aromatic ring is 1. The lowest BCUT2D eigenvalue weighted by Crippen LogP contribution is -2.27. The molecule has 3 aromatic rings. The fraction of sp³-hybridized carbons (Fsp3) is 0.125. The molecule has 0 aliphatic heterocycles. The summed E-state index contributed by atoms with van der Waals surface area (Å²) in [4.78, 5) is 32.4. The number of nitrogens with one attached hydrogen (secondary N) is 1. The Labute approximate surface area is 131 Å². The summed E-state index contributed by atoms with van der Waals surface area (Å²) < 4.78 is 1.27. The van der Waals surface area contributed by atoms with Gasteiger partial charge in [-0.3, -0.25) is 19.0 Å². The molecule has 0 aromatic carbocycles. The molecule has 0 radical (unpaired) electrons. The lowest BCUT2D eigenvalue weighted by Gasteiger charge is -2.07. The highest BCUT2D eigenvalue weighted by Gasteiger charge is 2.08. The fourth-order valence-electron chi connectivity index (χ4n) is 2.18. The van der Waals surface area contributed by atoms with Crippen molar-refractivity contribution in [3.63, 3.8) is 0 Å². The molecule has 3 aromatic heterocycles. The Balaban J connectivity index is 1.73. The van der Waals surface area contributed by atoms with E-state index in [0.717, 1.165) is 5.69 Å². The standard InChI is InChI=1S/C16H15N5O2/c17-13-9-20-14-5-4-11(10-21(14)16(13)23)15(22)19-8-6-12-3-1-2-7-18-12/h1-5,7,9-10H,6,8,17H2,(H,19,22). The number of hydrogen-bond donors (Lipinski definition) is 2. The molecule has 7 nitrogen and oxygen atoms in total. The second-order valence-electron chi connectivity index (χ2n) is 4.99. The van der Waals surface area contributed by atoms with Crippen molar-refractivity contribution in [3.8, 4) is 0 Å². The molecule has 0 fully saturated rings. The third-order valence-electron chi connectivity index (χ3n) is 3.38. The molecule has 7 heteroatoms. The van der Waals surface area contributed by atoms with Crippen LogP contribution in [0, 0.1) is 0 Å². The lowest BCUT2D eigenvalue weighted by molar-refractivity contribution is 0.0953. The summed E-state index contributed by atoms with van der Waals surface area (Å²) in [7, 11) is 0. The van der Waals surface area contributed by atoms with Crippen LogP contribution >= 0.6 is 0 Å². The number of hydrogen-bond acceptors (Lipinski definition) is 5. The van der Waals surface area contributed by atoms with E-state index in [0.29, 0.717) is 24.2 Å². The minimum absolute atomic E-state index is 0.0372. The van der Waals surface area contributed by atoms with Crippen molar-refractivity contribution in [1.29, 1.82) is 0 Å². The molecule has 23 heavy (non-hydrogen) atoms. The van der Waals surface area contributed by atoms with Gasteiger partial charge in [-0.1, -0.05) is 6.07 Å². The molecule has 0 spiro atoms. The Hall–Kier alpha value is -3.22. The van der Waals surface area contributed by atoms with Gasteiger partial charge in [0.2, 0.25) is 0 Å². The van der Waals surface area contributed by atoms with E-state index in [4.69, 9.17) is 5.73 Å². The van der Waals surface area contributed by atoms with Crippen molar-refractivity contribution >= 4 is 17.2 Å². The van der Waals surface area contributed by atoms with Crippen LogP contribution in [0.1, 0.15) is 16.1 Å². The molecular weight excluding hydrogens is 294 g/mol. The summed E-state index contributed by atoms with van der Waals surface area (Å²) in [6.45, 7) is 0.456. The van der Waals surface area contributed by atoms with E-state index in [1.807, 2.05) is 18.2 Å². The number of pyridine rings is 2. The highest BCUT2D eigenvalue weighted by atomic mass is 16.1. The first-order valence-corrected chi connectivity index (χ1v) is 7.10. The van der Waals surface area contributed by atoms with Crippen molar-refractivity contribution in [1.82, 2.24) is 19.7 Å². The van der Waals surface area contributed by atoms with Gasteiger partial charge in [0.15, 0.2) is 0 Å². The summed E-state index contributed by atoms with van der Waals surface area (Å²) in [5.41, 5.74) is 6.91. The quantitative estimate of drug-likeness (QED) is 0.736. The SMILES string of the molecule is Nc1cnc2ccc(C(=O)NCCc3ccccn3)cn2c1=O. The molecule has 0 unspecified atom stereocenters. The average Bonchev–Trinajstić information content (AvgIpc) is 2.59. The molecule has 0 aliphatic rings. The zero-order valence-electron chi connectivity index (χ0n) is 12.3. The van der Waals surface area contributed by atoms with Gasteiger partial charge >= 0.3 is 0 Å². The Kier molecular flexibility index (Phi) is 4.01. The van der Waals surface area contributed by atoms with Crippen molar-refractivity contribution in [2.24, 2.45) is 0 Å². The van der Waals surface area contributed by atoms with E-state index in [1.54, 1.807) is 18.3 Å². The maximum absolute atomic E-state index is 12.2. The summed E-state index contributed by atoms with van der Waals surface area (Å²) >= 11 is 0. The molecule has 3 rings (SSSR count). The van der Waals surface area contributed by atoms with Crippen LogP contribution in [0.2, 0.25) is 0 Å². The third kappa shape index (κ3) is 3.18. The minimum atomic E-state index is -0.391. The summed E-state index contributed by atoms with van der Waals surface area (Å²) in [6.07, 6.45) is 5.10. The van der Waals surface area contributed by atoms with Gasteiger partial charge < -0.3 is 11.1 Å². The molecule has 0 bridgehead atoms. The van der Waals surface area contributed by atoms with Crippen LogP contribution in [0.4, 0.5) is 5.69 Å². The van der Waals surface area contributed by atoms with Crippen LogP contribution in [0.3, 0.4) is 0 Å². The molecule has 3 N–H and O–H groups in total. The summed E-state index contributed by atoms with van der Waals surface area (Å²) in [5, 5.41) is 2.80. The first kappa shape index (κ1) is 14.7. The van der Waals surface area contributed by atoms with E-state index >= 15 is 0 Å². The number of fused-ring (bicyclic) bond motifs is 1. The maximum atomic E-state index is 12.2. The van der Waals surface area contributed by atoms with Crippen LogP contribution in [0.5, 0.6) is 0 Å². The molecule has 0 saturated carbocycles. The van der Waals surface area contributed by atoms with E-state index in [2.05, 4.69) is 15.3 Å². The summed E-state index contributed by atoms with van der Waals surface area (Å²) in [5.74, 6) is -0.267. The number of carbonyl (C=O) groups excluding carboxylic acids is 1. The van der Waals surface area contributed by atoms with Crippen LogP contribution in [0.25, 0.3) is 5.65 Å². The first-order valence-electron chi connectivity index (χ1n) is 7.10. The van der Waals surface area contributed by atoms with Crippen LogP contribution in [-0.2, 0) is 6.42 Å². The first-order chi connectivity index (χ1) is 11.1. The van der Waals surface area contributed by atoms with Gasteiger partial charge in [0.25, 0.3) is 11.5 Å². The number of carbonyl (C=O) groups is 1. The van der Waals surface area contributed by atoms with Gasteiger partial charge in [-0.05, 0) is 24.3 Å². The zero-order valence-corrected chi connectivity index (χ0v) is 12.3. The highest BCUT2D eigenvalue weighted by molar-refractivity contribution is 5.94. The molecule has 116 valence electrons. The maximum Gasteiger partial charge on any atom is 0.281 e. The molecule has 0 atom stereocenters. The van der Waals surface area contributed by atoms with E-state index in [1.165, 1.54) is 16.8 Å². The van der Waals surface area contributed by atoms with Gasteiger partial charge in [0.05, 0.1) is 11.8 Å². The minimum Gasteiger partial charge on any atom is -0.393 e. The normalized spacial score (nSPS) is 10.6. The van der Waals surface area contributed by atoms with Gasteiger partial charge in [-0.25, -0.2) is 4.98 Å². The second-order valence-corrected chi connectivity index (χ2v) is 4.99. The van der Waals surface area contributed by atoms with Crippen molar-refractivity contribution in [2.45, 2.75) is 6.42 Å². The number of rotatable bonds is 4. The van der Waals surface area contributed by atoms with Crippen LogP contribution < -0.4 is 16.6 Å². The predicted octanol–water partition coefficient (Wildman–Crippen LogP) is 0.644. The van der Waals surface area contributed by atoms with Crippen molar-refractivity contribution in [2.75, 3.05) is 12.3 Å². The molecule has 0 aliphatic carbocycles. The van der Waals surface area contributed by atoms with Crippen molar-refractivity contribution in [3.05, 3.63) is 70.5 Å². The van der Waals surface area contributed by atoms with Crippen LogP contribution in [-0.4, -0.2) is 26.8 Å². The fourth-order valence-corrected chi connectivity index (χ4v) is 2.18. The van der Waals surface area contributed by atoms with Gasteiger partial charge in [0, 0.05) is 31.1 Å². The van der Waals surface area contributed by atoms with Crippen molar-refractivity contribution < 1.29 is 4.79 Å². The number of aromatic nitrogens is 3. The predicted molar refractivity (Wildman–Crippen MR) is 86.1 cm³/mol. The van der Waals surface area contributed by atoms with Gasteiger partial charge in [-0.2, -0.15) is 0 Å². The monoisotopic (exact) mass is 309 g/mol. The Bertz CT molecular complexity index is 905. The number of anilines is 1. The molecule has 0 saturated heterocycles. The highest BCUT2D eigenvalue weighted by Crippen LogP contribution is 2.04. The van der Waals surface area contributed by atoms with Gasteiger partial charge in [0.1, 0.15) is 11.3 Å². The molecule has 3 heterocycles. The zero-order chi connectivity index (χ0) is 16.2. The molecular formula is C16H15N5O2. The number of amides is 1. The van der Waals surface area contributed by atoms with Gasteiger partial charge in [-0.15, -0.1) is 0 Å². The van der Waals surface area contributed by atoms with E-state index in [9.17, 15) is 9.59 Å². The van der Waals surface area contributed by atoms with E-state index < -0.39 is 5.56 Å². The topological polar surface area (TPSA) is 102 Å². The second kappa shape index (κ2) is 6.27. The summed E-state index contributed by atoms with van der Waals surface area (Å²) in [6, 6.07) is 8.87. The lowest BCUT2D eigenvalue weighted by atomic mass is 10.2. The van der Waals surface area contributed by atoms with Crippen LogP contribution in [0.15, 0.2) is 53.7 Å². The Morgan fingerprint density at radius 3 is 2.87 bits per heavy atom. The largest absolute Gasteiger partial charge is 0.393 e. The number of nitrogens with two attached hydrogens (primary N) is 1. The number of nitrogens with zero attached hydrogens (tertiary/aromatic N) is 3. The van der Waals surface area contributed by atoms with E-state index in [-0.39, 0.29) is 11.6 Å². The Morgan fingerprint density at radius 1 is 1.22 bits per heavy atom. The molecule has 1 amide bonds. The average molecular weight is 309 g/mol. The third-order valence-corrected chi connectivity index (χ3v) is 3.38.